The van der Waals surface area contributed by atoms with Gasteiger partial charge in [0.1, 0.15) is 0 Å². The van der Waals surface area contributed by atoms with Crippen molar-refractivity contribution in [3.05, 3.63) is 35.1 Å². The molecule has 2 N–H and O–H groups in total. The van der Waals surface area contributed by atoms with Crippen molar-refractivity contribution < 1.29 is 18.3 Å². The largest absolute Gasteiger partial charge is 0.396 e. The minimum Gasteiger partial charge on any atom is -0.396 e. The molecule has 0 aliphatic rings. The molecular weight excluding hydrogens is 231 g/mol. The van der Waals surface area contributed by atoms with Gasteiger partial charge in [0.15, 0.2) is 17.5 Å². The van der Waals surface area contributed by atoms with Crippen LogP contribution in [0, 0.1) is 23.4 Å². The molecule has 0 spiro atoms. The standard InChI is InChI=1S/C12H16F3NO/c1-7(6-17)5-16-8(2)9-3-10(13)12(15)11(14)4-9/h3-4,7-8,16-17H,5-6H2,1-2H3. The van der Waals surface area contributed by atoms with Crippen LogP contribution in [0.25, 0.3) is 0 Å². The SMILES string of the molecule is CC(CO)CNC(C)c1cc(F)c(F)c(F)c1. The zero-order chi connectivity index (χ0) is 13.0. The number of rotatable bonds is 5. The van der Waals surface area contributed by atoms with Gasteiger partial charge in [0.2, 0.25) is 0 Å². The van der Waals surface area contributed by atoms with E-state index >= 15 is 0 Å². The number of benzene rings is 1. The van der Waals surface area contributed by atoms with Gasteiger partial charge < -0.3 is 10.4 Å². The average molecular weight is 247 g/mol. The summed E-state index contributed by atoms with van der Waals surface area (Å²) in [7, 11) is 0. The first-order chi connectivity index (χ1) is 7.95. The van der Waals surface area contributed by atoms with Gasteiger partial charge in [-0.2, -0.15) is 0 Å². The van der Waals surface area contributed by atoms with Crippen LogP contribution in [0.2, 0.25) is 0 Å². The van der Waals surface area contributed by atoms with Gasteiger partial charge in [-0.05, 0) is 30.5 Å². The van der Waals surface area contributed by atoms with E-state index in [-0.39, 0.29) is 18.6 Å². The lowest BCUT2D eigenvalue weighted by molar-refractivity contribution is 0.231. The van der Waals surface area contributed by atoms with Gasteiger partial charge in [0, 0.05) is 19.2 Å². The quantitative estimate of drug-likeness (QED) is 0.783. The van der Waals surface area contributed by atoms with Crippen molar-refractivity contribution in [3.8, 4) is 0 Å². The molecule has 1 aromatic rings. The Labute approximate surface area is 98.5 Å². The number of halogens is 3. The zero-order valence-corrected chi connectivity index (χ0v) is 9.80. The number of hydrogen-bond donors (Lipinski definition) is 2. The summed E-state index contributed by atoms with van der Waals surface area (Å²) in [6, 6.07) is 1.63. The van der Waals surface area contributed by atoms with Crippen molar-refractivity contribution in [2.45, 2.75) is 19.9 Å². The highest BCUT2D eigenvalue weighted by atomic mass is 19.2. The van der Waals surface area contributed by atoms with E-state index in [1.54, 1.807) is 6.92 Å². The van der Waals surface area contributed by atoms with E-state index in [2.05, 4.69) is 5.32 Å². The predicted octanol–water partition coefficient (Wildman–Crippen LogP) is 2.38. The van der Waals surface area contributed by atoms with Crippen LogP contribution in [0.4, 0.5) is 13.2 Å². The lowest BCUT2D eigenvalue weighted by Crippen LogP contribution is -2.26. The second kappa shape index (κ2) is 6.02. The topological polar surface area (TPSA) is 32.3 Å². The molecular formula is C12H16F3NO. The van der Waals surface area contributed by atoms with Gasteiger partial charge in [-0.25, -0.2) is 13.2 Å². The molecule has 0 heterocycles. The third-order valence-electron chi connectivity index (χ3n) is 2.59. The fourth-order valence-electron chi connectivity index (χ4n) is 1.39. The average Bonchev–Trinajstić information content (AvgIpc) is 2.31. The minimum absolute atomic E-state index is 0.0336. The van der Waals surface area contributed by atoms with Crippen LogP contribution in [0.5, 0.6) is 0 Å². The second-order valence-corrected chi connectivity index (χ2v) is 4.22. The first-order valence-corrected chi connectivity index (χ1v) is 5.44. The normalized spacial score (nSPS) is 14.7. The fourth-order valence-corrected chi connectivity index (χ4v) is 1.39. The first kappa shape index (κ1) is 14.0. The summed E-state index contributed by atoms with van der Waals surface area (Å²) < 4.78 is 38.7. The van der Waals surface area contributed by atoms with Crippen LogP contribution in [0.1, 0.15) is 25.5 Å². The summed E-state index contributed by atoms with van der Waals surface area (Å²) in [6.45, 7) is 4.10. The molecule has 2 nitrogen and oxygen atoms in total. The van der Waals surface area contributed by atoms with E-state index in [0.717, 1.165) is 12.1 Å². The number of aliphatic hydroxyl groups is 1. The van der Waals surface area contributed by atoms with Gasteiger partial charge in [-0.3, -0.25) is 0 Å². The Morgan fingerprint density at radius 2 is 1.71 bits per heavy atom. The van der Waals surface area contributed by atoms with Crippen LogP contribution < -0.4 is 5.32 Å². The summed E-state index contributed by atoms with van der Waals surface area (Å²) in [6.07, 6.45) is 0. The van der Waals surface area contributed by atoms with Gasteiger partial charge in [0.25, 0.3) is 0 Å². The van der Waals surface area contributed by atoms with Gasteiger partial charge >= 0.3 is 0 Å². The predicted molar refractivity (Wildman–Crippen MR) is 59.0 cm³/mol. The lowest BCUT2D eigenvalue weighted by Gasteiger charge is -2.17. The first-order valence-electron chi connectivity index (χ1n) is 5.44. The summed E-state index contributed by atoms with van der Waals surface area (Å²) in [4.78, 5) is 0. The van der Waals surface area contributed by atoms with E-state index in [1.165, 1.54) is 0 Å². The summed E-state index contributed by atoms with van der Waals surface area (Å²) in [5, 5.41) is 11.8. The van der Waals surface area contributed by atoms with E-state index in [9.17, 15) is 13.2 Å². The van der Waals surface area contributed by atoms with Crippen LogP contribution in [0.15, 0.2) is 12.1 Å². The Balaban J connectivity index is 2.72. The highest BCUT2D eigenvalue weighted by Gasteiger charge is 2.14. The molecule has 2 unspecified atom stereocenters. The molecule has 1 aromatic carbocycles. The van der Waals surface area contributed by atoms with Gasteiger partial charge in [-0.1, -0.05) is 6.92 Å². The molecule has 0 fully saturated rings. The molecule has 0 radical (unpaired) electrons. The maximum atomic E-state index is 13.0. The van der Waals surface area contributed by atoms with E-state index in [0.29, 0.717) is 12.1 Å². The van der Waals surface area contributed by atoms with Crippen LogP contribution in [0.3, 0.4) is 0 Å². The minimum atomic E-state index is -1.45. The fraction of sp³-hybridized carbons (Fsp3) is 0.500. The Morgan fingerprint density at radius 1 is 1.18 bits per heavy atom. The third-order valence-corrected chi connectivity index (χ3v) is 2.59. The van der Waals surface area contributed by atoms with Crippen molar-refractivity contribution in [1.82, 2.24) is 5.32 Å². The highest BCUT2D eigenvalue weighted by Crippen LogP contribution is 2.19. The van der Waals surface area contributed by atoms with Gasteiger partial charge in [-0.15, -0.1) is 0 Å². The second-order valence-electron chi connectivity index (χ2n) is 4.22. The molecule has 0 aromatic heterocycles. The highest BCUT2D eigenvalue weighted by molar-refractivity contribution is 5.22. The van der Waals surface area contributed by atoms with Crippen molar-refractivity contribution >= 4 is 0 Å². The molecule has 0 aliphatic carbocycles. The van der Waals surface area contributed by atoms with Crippen molar-refractivity contribution in [2.24, 2.45) is 5.92 Å². The Morgan fingerprint density at radius 3 is 2.18 bits per heavy atom. The monoisotopic (exact) mass is 247 g/mol. The smallest absolute Gasteiger partial charge is 0.194 e. The Kier molecular flexibility index (Phi) is 4.96. The van der Waals surface area contributed by atoms with Crippen LogP contribution in [-0.2, 0) is 0 Å². The van der Waals surface area contributed by atoms with E-state index in [4.69, 9.17) is 5.11 Å². The lowest BCUT2D eigenvalue weighted by atomic mass is 10.1. The molecule has 17 heavy (non-hydrogen) atoms. The van der Waals surface area contributed by atoms with Gasteiger partial charge in [0.05, 0.1) is 0 Å². The van der Waals surface area contributed by atoms with Crippen molar-refractivity contribution in [3.63, 3.8) is 0 Å². The number of hydrogen-bond acceptors (Lipinski definition) is 2. The Bertz CT molecular complexity index is 361. The molecule has 96 valence electrons. The zero-order valence-electron chi connectivity index (χ0n) is 9.80. The van der Waals surface area contributed by atoms with Crippen LogP contribution in [-0.4, -0.2) is 18.3 Å². The summed E-state index contributed by atoms with van der Waals surface area (Å²) >= 11 is 0. The van der Waals surface area contributed by atoms with Crippen molar-refractivity contribution in [1.29, 1.82) is 0 Å². The van der Waals surface area contributed by atoms with Crippen LogP contribution >= 0.6 is 0 Å². The molecule has 2 atom stereocenters. The maximum Gasteiger partial charge on any atom is 0.194 e. The molecule has 0 amide bonds. The molecule has 5 heteroatoms. The molecule has 0 saturated carbocycles. The molecule has 0 saturated heterocycles. The molecule has 0 bridgehead atoms. The Hall–Kier alpha value is -1.07. The van der Waals surface area contributed by atoms with E-state index in [1.807, 2.05) is 6.92 Å². The van der Waals surface area contributed by atoms with Crippen molar-refractivity contribution in [2.75, 3.05) is 13.2 Å². The number of aliphatic hydroxyl groups excluding tert-OH is 1. The summed E-state index contributed by atoms with van der Waals surface area (Å²) in [5.74, 6) is -3.79. The van der Waals surface area contributed by atoms with E-state index < -0.39 is 17.5 Å². The molecule has 0 aliphatic heterocycles. The summed E-state index contributed by atoms with van der Waals surface area (Å²) in [5.41, 5.74) is 0.339. The maximum absolute atomic E-state index is 13.0. The third kappa shape index (κ3) is 3.71. The number of nitrogens with one attached hydrogen (secondary N) is 1. The molecule has 1 rings (SSSR count).